The van der Waals surface area contributed by atoms with Crippen molar-refractivity contribution in [3.63, 3.8) is 0 Å². The summed E-state index contributed by atoms with van der Waals surface area (Å²) in [5.74, 6) is 0. The molecule has 0 aliphatic heterocycles. The fraction of sp³-hybridized carbons (Fsp3) is 0.511. The van der Waals surface area contributed by atoms with Crippen LogP contribution < -0.4 is 5.32 Å². The zero-order chi connectivity index (χ0) is 35.6. The zero-order valence-corrected chi connectivity index (χ0v) is 33.2. The molecule has 0 aliphatic carbocycles. The fourth-order valence-corrected chi connectivity index (χ4v) is 7.80. The molecule has 0 spiro atoms. The van der Waals surface area contributed by atoms with Gasteiger partial charge in [-0.05, 0) is 137 Å². The van der Waals surface area contributed by atoms with E-state index in [0.29, 0.717) is 0 Å². The minimum Gasteiger partial charge on any atom is -0.371 e. The molecule has 0 heterocycles. The van der Waals surface area contributed by atoms with Crippen molar-refractivity contribution in [1.29, 1.82) is 0 Å². The summed E-state index contributed by atoms with van der Waals surface area (Å²) < 4.78 is 0. The Balaban J connectivity index is 1.92. The van der Waals surface area contributed by atoms with Crippen LogP contribution in [-0.4, -0.2) is 4.87 Å². The first kappa shape index (κ1) is 38.7. The second-order valence-corrected chi connectivity index (χ2v) is 19.6. The first-order chi connectivity index (χ1) is 21.4. The lowest BCUT2D eigenvalue weighted by molar-refractivity contribution is 0.460. The van der Waals surface area contributed by atoms with Crippen molar-refractivity contribution in [2.75, 3.05) is 5.32 Å². The lowest BCUT2D eigenvalue weighted by Gasteiger charge is -2.35. The van der Waals surface area contributed by atoms with Crippen LogP contribution >= 0.6 is 11.8 Å². The van der Waals surface area contributed by atoms with Crippen LogP contribution in [0.4, 0.5) is 5.69 Å². The Labute approximate surface area is 294 Å². The maximum absolute atomic E-state index is 4.50. The van der Waals surface area contributed by atoms with Crippen LogP contribution in [0.15, 0.2) is 78.7 Å². The number of nitrogens with one attached hydrogen (secondary N) is 1. The summed E-state index contributed by atoms with van der Waals surface area (Å²) >= 11 is 1.92. The Kier molecular flexibility index (Phi) is 11.9. The second kappa shape index (κ2) is 14.4. The largest absolute Gasteiger partial charge is 0.371 e. The minimum atomic E-state index is -0.214. The minimum absolute atomic E-state index is 0.0165. The van der Waals surface area contributed by atoms with Gasteiger partial charge in [-0.2, -0.15) is 0 Å². The molecule has 3 aromatic rings. The van der Waals surface area contributed by atoms with E-state index in [4.69, 9.17) is 0 Å². The van der Waals surface area contributed by atoms with Gasteiger partial charge in [-0.1, -0.05) is 131 Å². The van der Waals surface area contributed by atoms with E-state index in [0.717, 1.165) is 25.7 Å². The summed E-state index contributed by atoms with van der Waals surface area (Å²) in [4.78, 5) is 1.10. The first-order valence-electron chi connectivity index (χ1n) is 17.6. The van der Waals surface area contributed by atoms with Crippen molar-refractivity contribution in [2.24, 2.45) is 0 Å². The standard InChI is InChI=1S/C45H65NS/c1-17-21-33-23-18-19-24-38(33)31(2)22-20-25-44(13,14)40-30-36(29-39(32(40)3)43(10,11)12)46-45(15,16)47-37-27-34(41(4,5)6)26-35(28-37)42(7,8)9/h17-19,23-24,26-30,46H,1-2,20-22,25H2,3-16H3. The van der Waals surface area contributed by atoms with Gasteiger partial charge in [-0.15, -0.1) is 6.58 Å². The smallest absolute Gasteiger partial charge is 0.0823 e. The van der Waals surface area contributed by atoms with Crippen LogP contribution in [0.2, 0.25) is 0 Å². The van der Waals surface area contributed by atoms with E-state index in [2.05, 4.69) is 170 Å². The molecule has 0 aromatic heterocycles. The van der Waals surface area contributed by atoms with Crippen LogP contribution in [0, 0.1) is 6.92 Å². The molecule has 0 saturated heterocycles. The summed E-state index contributed by atoms with van der Waals surface area (Å²) in [6.45, 7) is 41.2. The third kappa shape index (κ3) is 10.4. The lowest BCUT2D eigenvalue weighted by Crippen LogP contribution is -2.28. The number of benzene rings is 3. The van der Waals surface area contributed by atoms with E-state index < -0.39 is 0 Å². The summed E-state index contributed by atoms with van der Waals surface area (Å²) in [5, 5.41) is 3.99. The molecule has 47 heavy (non-hydrogen) atoms. The Morgan fingerprint density at radius 3 is 1.83 bits per heavy atom. The van der Waals surface area contributed by atoms with Gasteiger partial charge in [0.1, 0.15) is 0 Å². The van der Waals surface area contributed by atoms with Gasteiger partial charge in [0.15, 0.2) is 0 Å². The monoisotopic (exact) mass is 651 g/mol. The van der Waals surface area contributed by atoms with Gasteiger partial charge >= 0.3 is 0 Å². The molecule has 256 valence electrons. The number of hydrogen-bond donors (Lipinski definition) is 1. The highest BCUT2D eigenvalue weighted by molar-refractivity contribution is 8.00. The van der Waals surface area contributed by atoms with Gasteiger partial charge in [0.25, 0.3) is 0 Å². The van der Waals surface area contributed by atoms with Crippen molar-refractivity contribution < 1.29 is 0 Å². The van der Waals surface area contributed by atoms with Crippen molar-refractivity contribution in [2.45, 2.75) is 154 Å². The van der Waals surface area contributed by atoms with E-state index in [1.165, 1.54) is 55.1 Å². The molecule has 2 heteroatoms. The number of allylic oxidation sites excluding steroid dienone is 2. The van der Waals surface area contributed by atoms with E-state index in [9.17, 15) is 0 Å². The molecule has 0 saturated carbocycles. The Bertz CT molecular complexity index is 1530. The van der Waals surface area contributed by atoms with Crippen molar-refractivity contribution in [1.82, 2.24) is 0 Å². The van der Waals surface area contributed by atoms with E-state index >= 15 is 0 Å². The third-order valence-corrected chi connectivity index (χ3v) is 10.5. The molecule has 3 rings (SSSR count). The molecule has 0 bridgehead atoms. The van der Waals surface area contributed by atoms with E-state index in [1.807, 2.05) is 17.8 Å². The summed E-state index contributed by atoms with van der Waals surface area (Å²) in [7, 11) is 0. The molecule has 0 fully saturated rings. The van der Waals surface area contributed by atoms with Crippen molar-refractivity contribution >= 4 is 23.0 Å². The quantitative estimate of drug-likeness (QED) is 0.119. The van der Waals surface area contributed by atoms with Crippen molar-refractivity contribution in [3.8, 4) is 0 Å². The molecular formula is C45H65NS. The van der Waals surface area contributed by atoms with Crippen LogP contribution in [0.3, 0.4) is 0 Å². The molecule has 0 unspecified atom stereocenters. The average molecular weight is 652 g/mol. The first-order valence-corrected chi connectivity index (χ1v) is 18.4. The number of rotatable bonds is 12. The highest BCUT2D eigenvalue weighted by atomic mass is 32.2. The topological polar surface area (TPSA) is 12.0 Å². The Hall–Kier alpha value is -2.71. The summed E-state index contributed by atoms with van der Waals surface area (Å²) in [5.41, 5.74) is 12.3. The van der Waals surface area contributed by atoms with Crippen LogP contribution in [0.5, 0.6) is 0 Å². The number of anilines is 1. The normalized spacial score (nSPS) is 13.1. The molecular weight excluding hydrogens is 587 g/mol. The predicted octanol–water partition coefficient (Wildman–Crippen LogP) is 13.7. The van der Waals surface area contributed by atoms with Gasteiger partial charge in [0.2, 0.25) is 0 Å². The van der Waals surface area contributed by atoms with Crippen LogP contribution in [0.25, 0.3) is 5.57 Å². The SMILES string of the molecule is C=CCc1ccccc1C(=C)CCCC(C)(C)c1cc(NC(C)(C)Sc2cc(C(C)(C)C)cc(C(C)(C)C)c2)cc(C(C)(C)C)c1C. The maximum Gasteiger partial charge on any atom is 0.0823 e. The maximum atomic E-state index is 4.50. The third-order valence-electron chi connectivity index (χ3n) is 9.44. The molecule has 0 amide bonds. The highest BCUT2D eigenvalue weighted by Gasteiger charge is 2.30. The van der Waals surface area contributed by atoms with Gasteiger partial charge < -0.3 is 5.32 Å². The number of hydrogen-bond acceptors (Lipinski definition) is 2. The molecule has 1 nitrogen and oxygen atoms in total. The summed E-state index contributed by atoms with van der Waals surface area (Å²) in [6.07, 6.45) is 6.05. The van der Waals surface area contributed by atoms with Gasteiger partial charge in [0.05, 0.1) is 4.87 Å². The molecule has 0 radical (unpaired) electrons. The summed E-state index contributed by atoms with van der Waals surface area (Å²) in [6, 6.07) is 20.7. The van der Waals surface area contributed by atoms with Crippen molar-refractivity contribution in [3.05, 3.63) is 113 Å². The van der Waals surface area contributed by atoms with Crippen LogP contribution in [-0.2, 0) is 28.1 Å². The molecule has 1 N–H and O–H groups in total. The second-order valence-electron chi connectivity index (χ2n) is 17.9. The van der Waals surface area contributed by atoms with Crippen LogP contribution in [0.1, 0.15) is 148 Å². The van der Waals surface area contributed by atoms with E-state index in [1.54, 1.807) is 0 Å². The highest BCUT2D eigenvalue weighted by Crippen LogP contribution is 2.42. The molecule has 3 aromatic carbocycles. The van der Waals surface area contributed by atoms with Gasteiger partial charge in [-0.3, -0.25) is 0 Å². The van der Waals surface area contributed by atoms with Gasteiger partial charge in [-0.25, -0.2) is 0 Å². The fourth-order valence-electron chi connectivity index (χ4n) is 6.67. The molecule has 0 aliphatic rings. The number of thioether (sulfide) groups is 1. The van der Waals surface area contributed by atoms with E-state index in [-0.39, 0.29) is 26.5 Å². The van der Waals surface area contributed by atoms with Gasteiger partial charge in [0, 0.05) is 10.6 Å². The zero-order valence-electron chi connectivity index (χ0n) is 32.4. The average Bonchev–Trinajstić information content (AvgIpc) is 2.92. The lowest BCUT2D eigenvalue weighted by atomic mass is 9.73. The molecule has 0 atom stereocenters. The predicted molar refractivity (Wildman–Crippen MR) is 214 cm³/mol. The Morgan fingerprint density at radius 1 is 0.745 bits per heavy atom. The Morgan fingerprint density at radius 2 is 1.30 bits per heavy atom.